The van der Waals surface area contributed by atoms with Crippen molar-refractivity contribution in [3.05, 3.63) is 29.8 Å². The van der Waals surface area contributed by atoms with Crippen molar-refractivity contribution in [3.8, 4) is 6.07 Å². The maximum Gasteiger partial charge on any atom is 0.240 e. The Morgan fingerprint density at radius 2 is 1.78 bits per heavy atom. The molecule has 0 fully saturated rings. The standard InChI is InChI=1S/C13H18N2O2S/c1-10(2)11(3)15-18(16,17)13-6-4-12(5-7-13)8-9-14/h4-7,10-11,15H,8H2,1-3H3. The molecule has 0 aliphatic carbocycles. The van der Waals surface area contributed by atoms with E-state index in [4.69, 9.17) is 5.26 Å². The number of benzene rings is 1. The van der Waals surface area contributed by atoms with Gasteiger partial charge in [0.15, 0.2) is 0 Å². The Bertz CT molecular complexity index is 527. The molecule has 0 radical (unpaired) electrons. The van der Waals surface area contributed by atoms with E-state index in [9.17, 15) is 8.42 Å². The summed E-state index contributed by atoms with van der Waals surface area (Å²) in [6.45, 7) is 5.76. The average molecular weight is 266 g/mol. The van der Waals surface area contributed by atoms with Gasteiger partial charge in [-0.2, -0.15) is 5.26 Å². The van der Waals surface area contributed by atoms with Crippen molar-refractivity contribution < 1.29 is 8.42 Å². The predicted octanol–water partition coefficient (Wildman–Crippen LogP) is 2.08. The fourth-order valence-corrected chi connectivity index (χ4v) is 2.72. The Balaban J connectivity index is 2.89. The van der Waals surface area contributed by atoms with E-state index >= 15 is 0 Å². The Hall–Kier alpha value is -1.38. The van der Waals surface area contributed by atoms with Crippen molar-refractivity contribution in [2.45, 2.75) is 38.1 Å². The second kappa shape index (κ2) is 5.98. The zero-order chi connectivity index (χ0) is 13.8. The molecule has 18 heavy (non-hydrogen) atoms. The van der Waals surface area contributed by atoms with E-state index in [1.165, 1.54) is 12.1 Å². The lowest BCUT2D eigenvalue weighted by atomic mass is 10.1. The van der Waals surface area contributed by atoms with E-state index in [-0.39, 0.29) is 23.3 Å². The molecule has 1 aromatic rings. The van der Waals surface area contributed by atoms with Crippen LogP contribution in [0.25, 0.3) is 0 Å². The fourth-order valence-electron chi connectivity index (χ4n) is 1.33. The van der Waals surface area contributed by atoms with Gasteiger partial charge in [-0.15, -0.1) is 0 Å². The SMILES string of the molecule is CC(C)C(C)NS(=O)(=O)c1ccc(CC#N)cc1. The molecule has 0 saturated heterocycles. The number of sulfonamides is 1. The third kappa shape index (κ3) is 3.83. The van der Waals surface area contributed by atoms with Crippen LogP contribution in [-0.2, 0) is 16.4 Å². The topological polar surface area (TPSA) is 70.0 Å². The molecule has 98 valence electrons. The number of nitrogens with zero attached hydrogens (tertiary/aromatic N) is 1. The van der Waals surface area contributed by atoms with Crippen LogP contribution in [0, 0.1) is 17.2 Å². The summed E-state index contributed by atoms with van der Waals surface area (Å²) < 4.78 is 26.7. The lowest BCUT2D eigenvalue weighted by Crippen LogP contribution is -2.36. The first-order valence-electron chi connectivity index (χ1n) is 5.85. The van der Waals surface area contributed by atoms with Crippen LogP contribution in [0.1, 0.15) is 26.3 Å². The smallest absolute Gasteiger partial charge is 0.208 e. The Morgan fingerprint density at radius 3 is 2.22 bits per heavy atom. The molecule has 0 aromatic heterocycles. The summed E-state index contributed by atoms with van der Waals surface area (Å²) >= 11 is 0. The molecule has 1 N–H and O–H groups in total. The summed E-state index contributed by atoms with van der Waals surface area (Å²) in [5, 5.41) is 8.55. The van der Waals surface area contributed by atoms with Crippen molar-refractivity contribution in [1.82, 2.24) is 4.72 Å². The van der Waals surface area contributed by atoms with Crippen molar-refractivity contribution in [1.29, 1.82) is 5.26 Å². The quantitative estimate of drug-likeness (QED) is 0.887. The van der Waals surface area contributed by atoms with Gasteiger partial charge in [0.25, 0.3) is 0 Å². The molecule has 0 aliphatic rings. The lowest BCUT2D eigenvalue weighted by Gasteiger charge is -2.17. The van der Waals surface area contributed by atoms with Crippen molar-refractivity contribution in [2.24, 2.45) is 5.92 Å². The summed E-state index contributed by atoms with van der Waals surface area (Å²) in [5.74, 6) is 0.234. The summed E-state index contributed by atoms with van der Waals surface area (Å²) in [6, 6.07) is 8.30. The lowest BCUT2D eigenvalue weighted by molar-refractivity contribution is 0.476. The summed E-state index contributed by atoms with van der Waals surface area (Å²) in [6.07, 6.45) is 0.288. The Labute approximate surface area is 109 Å². The molecule has 1 rings (SSSR count). The predicted molar refractivity (Wildman–Crippen MR) is 70.4 cm³/mol. The molecular weight excluding hydrogens is 248 g/mol. The zero-order valence-electron chi connectivity index (χ0n) is 10.8. The van der Waals surface area contributed by atoms with E-state index in [0.29, 0.717) is 0 Å². The number of nitrogens with one attached hydrogen (secondary N) is 1. The Morgan fingerprint density at radius 1 is 1.22 bits per heavy atom. The van der Waals surface area contributed by atoms with Crippen LogP contribution in [0.15, 0.2) is 29.2 Å². The summed E-state index contributed by atoms with van der Waals surface area (Å²) in [7, 11) is -3.47. The molecule has 0 spiro atoms. The van der Waals surface area contributed by atoms with Crippen LogP contribution < -0.4 is 4.72 Å². The second-order valence-corrected chi connectivity index (χ2v) is 6.35. The molecule has 1 atom stereocenters. The first-order chi connectivity index (χ1) is 8.36. The van der Waals surface area contributed by atoms with Crippen LogP contribution >= 0.6 is 0 Å². The van der Waals surface area contributed by atoms with E-state index in [2.05, 4.69) is 4.72 Å². The van der Waals surface area contributed by atoms with E-state index in [1.54, 1.807) is 12.1 Å². The largest absolute Gasteiger partial charge is 0.240 e. The van der Waals surface area contributed by atoms with Gasteiger partial charge < -0.3 is 0 Å². The van der Waals surface area contributed by atoms with Gasteiger partial charge in [0.05, 0.1) is 17.4 Å². The molecule has 5 heteroatoms. The maximum atomic E-state index is 12.0. The van der Waals surface area contributed by atoms with Gasteiger partial charge in [-0.05, 0) is 30.5 Å². The minimum absolute atomic E-state index is 0.117. The van der Waals surface area contributed by atoms with Crippen LogP contribution in [0.4, 0.5) is 0 Å². The fraction of sp³-hybridized carbons (Fsp3) is 0.462. The molecule has 1 aromatic carbocycles. The summed E-state index contributed by atoms with van der Waals surface area (Å²) in [5.41, 5.74) is 0.813. The highest BCUT2D eigenvalue weighted by atomic mass is 32.2. The van der Waals surface area contributed by atoms with Crippen molar-refractivity contribution in [3.63, 3.8) is 0 Å². The van der Waals surface area contributed by atoms with Gasteiger partial charge in [-0.3, -0.25) is 0 Å². The van der Waals surface area contributed by atoms with Gasteiger partial charge in [0.2, 0.25) is 10.0 Å². The van der Waals surface area contributed by atoms with Gasteiger partial charge in [0, 0.05) is 6.04 Å². The minimum atomic E-state index is -3.47. The number of rotatable bonds is 5. The van der Waals surface area contributed by atoms with Gasteiger partial charge >= 0.3 is 0 Å². The number of nitriles is 1. The highest BCUT2D eigenvalue weighted by Gasteiger charge is 2.18. The normalized spacial score (nSPS) is 13.3. The van der Waals surface area contributed by atoms with Crippen molar-refractivity contribution in [2.75, 3.05) is 0 Å². The minimum Gasteiger partial charge on any atom is -0.208 e. The van der Waals surface area contributed by atoms with E-state index in [1.807, 2.05) is 26.8 Å². The third-order valence-electron chi connectivity index (χ3n) is 2.86. The van der Waals surface area contributed by atoms with Crippen molar-refractivity contribution >= 4 is 10.0 Å². The monoisotopic (exact) mass is 266 g/mol. The van der Waals surface area contributed by atoms with Crippen LogP contribution in [0.2, 0.25) is 0 Å². The number of hydrogen-bond donors (Lipinski definition) is 1. The molecular formula is C13H18N2O2S. The first-order valence-corrected chi connectivity index (χ1v) is 7.33. The van der Waals surface area contributed by atoms with E-state index in [0.717, 1.165) is 5.56 Å². The third-order valence-corrected chi connectivity index (χ3v) is 4.43. The zero-order valence-corrected chi connectivity index (χ0v) is 11.7. The average Bonchev–Trinajstić information content (AvgIpc) is 2.29. The van der Waals surface area contributed by atoms with Gasteiger partial charge in [-0.1, -0.05) is 26.0 Å². The number of hydrogen-bond acceptors (Lipinski definition) is 3. The molecule has 1 unspecified atom stereocenters. The van der Waals surface area contributed by atoms with Gasteiger partial charge in [0.1, 0.15) is 0 Å². The summed E-state index contributed by atoms with van der Waals surface area (Å²) in [4.78, 5) is 0.233. The second-order valence-electron chi connectivity index (χ2n) is 4.63. The van der Waals surface area contributed by atoms with E-state index < -0.39 is 10.0 Å². The maximum absolute atomic E-state index is 12.0. The van der Waals surface area contributed by atoms with Crippen LogP contribution in [0.3, 0.4) is 0 Å². The Kier molecular flexibility index (Phi) is 4.88. The molecule has 4 nitrogen and oxygen atoms in total. The van der Waals surface area contributed by atoms with Crippen LogP contribution in [-0.4, -0.2) is 14.5 Å². The highest BCUT2D eigenvalue weighted by Crippen LogP contribution is 2.13. The molecule has 0 heterocycles. The highest BCUT2D eigenvalue weighted by molar-refractivity contribution is 7.89. The van der Waals surface area contributed by atoms with Crippen LogP contribution in [0.5, 0.6) is 0 Å². The van der Waals surface area contributed by atoms with Gasteiger partial charge in [-0.25, -0.2) is 13.1 Å². The molecule has 0 amide bonds. The molecule has 0 bridgehead atoms. The first kappa shape index (κ1) is 14.7. The molecule has 0 saturated carbocycles. The molecule has 0 aliphatic heterocycles.